The maximum absolute atomic E-state index is 13.8. The van der Waals surface area contributed by atoms with Crippen LogP contribution in [0.3, 0.4) is 0 Å². The normalized spacial score (nSPS) is 15.2. The number of halogens is 2. The average molecular weight is 544 g/mol. The minimum Gasteiger partial charge on any atom is -0.497 e. The predicted molar refractivity (Wildman–Crippen MR) is 133 cm³/mol. The molecule has 1 unspecified atom stereocenters. The molecule has 0 bridgehead atoms. The number of ether oxygens (including phenoxy) is 2. The first kappa shape index (κ1) is 26.9. The summed E-state index contributed by atoms with van der Waals surface area (Å²) < 4.78 is 64.0. The van der Waals surface area contributed by atoms with Gasteiger partial charge in [-0.05, 0) is 35.4 Å². The molecule has 1 atom stereocenters. The van der Waals surface area contributed by atoms with Gasteiger partial charge in [0.05, 0.1) is 18.9 Å². The van der Waals surface area contributed by atoms with E-state index in [2.05, 4.69) is 5.10 Å². The van der Waals surface area contributed by atoms with E-state index in [-0.39, 0.29) is 0 Å². The molecule has 9 nitrogen and oxygen atoms in total. The van der Waals surface area contributed by atoms with Gasteiger partial charge in [0.1, 0.15) is 23.9 Å². The van der Waals surface area contributed by atoms with E-state index in [0.29, 0.717) is 17.9 Å². The number of hydrazone groups is 1. The van der Waals surface area contributed by atoms with Crippen LogP contribution in [0.4, 0.5) is 8.78 Å². The van der Waals surface area contributed by atoms with Crippen LogP contribution >= 0.6 is 0 Å². The van der Waals surface area contributed by atoms with E-state index in [0.717, 1.165) is 29.3 Å². The number of benzene rings is 3. The molecule has 1 N–H and O–H groups in total. The summed E-state index contributed by atoms with van der Waals surface area (Å²) in [6.45, 7) is -1.67. The maximum Gasteiger partial charge on any atom is 0.321 e. The van der Waals surface area contributed by atoms with Crippen molar-refractivity contribution in [2.75, 3.05) is 20.3 Å². The lowest BCUT2D eigenvalue weighted by molar-refractivity contribution is -0.151. The van der Waals surface area contributed by atoms with E-state index >= 15 is 0 Å². The van der Waals surface area contributed by atoms with Crippen molar-refractivity contribution in [3.05, 3.63) is 95.6 Å². The Balaban J connectivity index is 1.43. The Hall–Kier alpha value is -4.16. The highest BCUT2D eigenvalue weighted by atomic mass is 32.2. The van der Waals surface area contributed by atoms with Gasteiger partial charge >= 0.3 is 5.97 Å². The third-order valence-corrected chi connectivity index (χ3v) is 7.18. The second-order valence-corrected chi connectivity index (χ2v) is 9.88. The highest BCUT2D eigenvalue weighted by molar-refractivity contribution is 7.89. The lowest BCUT2D eigenvalue weighted by Gasteiger charge is -2.22. The predicted octanol–water partition coefficient (Wildman–Crippen LogP) is 3.17. The number of methoxy groups -OCH3 is 1. The largest absolute Gasteiger partial charge is 0.497 e. The number of sulfonamides is 1. The zero-order chi connectivity index (χ0) is 27.3. The van der Waals surface area contributed by atoms with Gasteiger partial charge < -0.3 is 9.47 Å². The molecule has 0 fully saturated rings. The van der Waals surface area contributed by atoms with Crippen molar-refractivity contribution < 1.29 is 36.3 Å². The van der Waals surface area contributed by atoms with Gasteiger partial charge in [-0.25, -0.2) is 22.2 Å². The number of rotatable bonds is 9. The average Bonchev–Trinajstić information content (AvgIpc) is 3.37. The molecule has 3 aromatic rings. The van der Waals surface area contributed by atoms with E-state index in [9.17, 15) is 26.8 Å². The van der Waals surface area contributed by atoms with Crippen molar-refractivity contribution in [1.29, 1.82) is 0 Å². The Bertz CT molecular complexity index is 1440. The van der Waals surface area contributed by atoms with Gasteiger partial charge in [-0.3, -0.25) is 9.59 Å². The molecule has 0 saturated heterocycles. The molecular formula is C26H23F2N3O6S. The third kappa shape index (κ3) is 6.03. The fourth-order valence-electron chi connectivity index (χ4n) is 3.86. The summed E-state index contributed by atoms with van der Waals surface area (Å²) in [7, 11) is -3.15. The molecule has 3 aromatic carbocycles. The summed E-state index contributed by atoms with van der Waals surface area (Å²) in [5, 5.41) is 5.68. The van der Waals surface area contributed by atoms with Gasteiger partial charge in [-0.15, -0.1) is 0 Å². The van der Waals surface area contributed by atoms with Crippen LogP contribution in [0.25, 0.3) is 0 Å². The van der Waals surface area contributed by atoms with Gasteiger partial charge in [-0.2, -0.15) is 9.82 Å². The first-order chi connectivity index (χ1) is 18.2. The standard InChI is InChI=1S/C26H23F2N3O6S/c1-36-19-12-10-18(11-13-19)23-14-22(17-6-3-2-4-7-17)30-31(23)24(32)16-37-25(33)15-29-38(34,35)26-20(27)8-5-9-21(26)28/h2-13,23,29H,14-16H2,1H3. The number of nitrogens with zero attached hydrogens (tertiary/aromatic N) is 2. The van der Waals surface area contributed by atoms with Gasteiger partial charge in [0.25, 0.3) is 5.91 Å². The van der Waals surface area contributed by atoms with Crippen LogP contribution in [0.2, 0.25) is 0 Å². The molecule has 12 heteroatoms. The SMILES string of the molecule is COc1ccc(C2CC(c3ccccc3)=NN2C(=O)COC(=O)CNS(=O)(=O)c2c(F)cccc2F)cc1. The number of carbonyl (C=O) groups excluding carboxylic acids is 2. The molecule has 1 aliphatic rings. The van der Waals surface area contributed by atoms with Crippen molar-refractivity contribution in [2.45, 2.75) is 17.4 Å². The number of amides is 1. The number of hydrogen-bond acceptors (Lipinski definition) is 7. The second-order valence-electron chi connectivity index (χ2n) is 8.18. The molecule has 0 saturated carbocycles. The van der Waals surface area contributed by atoms with Crippen LogP contribution in [0.15, 0.2) is 82.8 Å². The van der Waals surface area contributed by atoms with E-state index < -0.39 is 57.6 Å². The van der Waals surface area contributed by atoms with Crippen LogP contribution in [0, 0.1) is 11.6 Å². The summed E-state index contributed by atoms with van der Waals surface area (Å²) in [5.74, 6) is -3.75. The minimum atomic E-state index is -4.69. The quantitative estimate of drug-likeness (QED) is 0.415. The second kappa shape index (κ2) is 11.5. The molecule has 38 heavy (non-hydrogen) atoms. The lowest BCUT2D eigenvalue weighted by Crippen LogP contribution is -2.35. The summed E-state index contributed by atoms with van der Waals surface area (Å²) in [6.07, 6.45) is 0.407. The van der Waals surface area contributed by atoms with E-state index in [4.69, 9.17) is 9.47 Å². The Morgan fingerprint density at radius 3 is 2.29 bits per heavy atom. The monoisotopic (exact) mass is 543 g/mol. The number of nitrogens with one attached hydrogen (secondary N) is 1. The highest BCUT2D eigenvalue weighted by Gasteiger charge is 2.33. The molecule has 0 radical (unpaired) electrons. The van der Waals surface area contributed by atoms with E-state index in [1.807, 2.05) is 30.3 Å². The molecule has 1 heterocycles. The zero-order valence-electron chi connectivity index (χ0n) is 20.1. The minimum absolute atomic E-state index is 0.407. The summed E-state index contributed by atoms with van der Waals surface area (Å²) >= 11 is 0. The summed E-state index contributed by atoms with van der Waals surface area (Å²) in [5.41, 5.74) is 2.26. The fraction of sp³-hybridized carbons (Fsp3) is 0.192. The summed E-state index contributed by atoms with van der Waals surface area (Å²) in [6, 6.07) is 18.5. The van der Waals surface area contributed by atoms with Crippen molar-refractivity contribution >= 4 is 27.6 Å². The van der Waals surface area contributed by atoms with Crippen LogP contribution in [0.5, 0.6) is 5.75 Å². The Kier molecular flexibility index (Phi) is 8.13. The van der Waals surface area contributed by atoms with Crippen molar-refractivity contribution in [3.8, 4) is 5.75 Å². The van der Waals surface area contributed by atoms with E-state index in [1.165, 1.54) is 12.1 Å². The molecule has 198 valence electrons. The summed E-state index contributed by atoms with van der Waals surface area (Å²) in [4.78, 5) is 24.0. The van der Waals surface area contributed by atoms with Crippen LogP contribution in [-0.4, -0.2) is 51.3 Å². The van der Waals surface area contributed by atoms with E-state index in [1.54, 1.807) is 29.0 Å². The van der Waals surface area contributed by atoms with Crippen molar-refractivity contribution in [1.82, 2.24) is 9.73 Å². The van der Waals surface area contributed by atoms with Gasteiger partial charge in [0.2, 0.25) is 10.0 Å². The number of hydrogen-bond donors (Lipinski definition) is 1. The lowest BCUT2D eigenvalue weighted by atomic mass is 9.98. The number of carbonyl (C=O) groups is 2. The first-order valence-electron chi connectivity index (χ1n) is 11.4. The van der Waals surface area contributed by atoms with Crippen molar-refractivity contribution in [2.24, 2.45) is 5.10 Å². The molecule has 0 spiro atoms. The molecule has 1 aliphatic heterocycles. The Morgan fingerprint density at radius 1 is 1.00 bits per heavy atom. The van der Waals surface area contributed by atoms with Gasteiger partial charge in [0.15, 0.2) is 11.5 Å². The Labute approximate surface area is 217 Å². The van der Waals surface area contributed by atoms with Crippen LogP contribution in [-0.2, 0) is 24.3 Å². The topological polar surface area (TPSA) is 114 Å². The molecule has 0 aliphatic carbocycles. The molecule has 4 rings (SSSR count). The fourth-order valence-corrected chi connectivity index (χ4v) is 4.96. The smallest absolute Gasteiger partial charge is 0.321 e. The molecule has 1 amide bonds. The highest BCUT2D eigenvalue weighted by Crippen LogP contribution is 2.33. The van der Waals surface area contributed by atoms with Crippen molar-refractivity contribution in [3.63, 3.8) is 0 Å². The molecule has 0 aromatic heterocycles. The maximum atomic E-state index is 13.8. The van der Waals surface area contributed by atoms with Crippen LogP contribution < -0.4 is 9.46 Å². The van der Waals surface area contributed by atoms with Gasteiger partial charge in [-0.1, -0.05) is 48.5 Å². The van der Waals surface area contributed by atoms with Crippen LogP contribution in [0.1, 0.15) is 23.6 Å². The Morgan fingerprint density at radius 2 is 1.66 bits per heavy atom. The molecular weight excluding hydrogens is 520 g/mol. The first-order valence-corrected chi connectivity index (χ1v) is 12.9. The third-order valence-electron chi connectivity index (χ3n) is 5.72. The number of esters is 1. The zero-order valence-corrected chi connectivity index (χ0v) is 21.0. The van der Waals surface area contributed by atoms with Gasteiger partial charge in [0, 0.05) is 6.42 Å².